The van der Waals surface area contributed by atoms with Crippen LogP contribution < -0.4 is 0 Å². The van der Waals surface area contributed by atoms with Crippen LogP contribution in [0, 0.1) is 5.92 Å². The first kappa shape index (κ1) is 11.9. The number of aromatic hydroxyl groups is 2. The number of carbonyl (C=O) groups is 1. The third kappa shape index (κ3) is 2.77. The minimum Gasteiger partial charge on any atom is -0.504 e. The fraction of sp³-hybridized carbons (Fsp3) is 0.462. The molecule has 17 heavy (non-hydrogen) atoms. The van der Waals surface area contributed by atoms with E-state index >= 15 is 0 Å². The van der Waals surface area contributed by atoms with Gasteiger partial charge in [-0.2, -0.15) is 0 Å². The Morgan fingerprint density at radius 1 is 1.41 bits per heavy atom. The monoisotopic (exact) mass is 235 g/mol. The molecule has 1 aromatic rings. The minimum absolute atomic E-state index is 0.0191. The summed E-state index contributed by atoms with van der Waals surface area (Å²) in [6, 6.07) is 4.20. The number of Topliss-reactive ketones (excluding diaryl/α,β-unsaturated/α-hetero) is 1. The molecule has 1 saturated heterocycles. The molecule has 0 spiro atoms. The molecule has 2 N–H and O–H groups in total. The van der Waals surface area contributed by atoms with Crippen LogP contribution in [0.3, 0.4) is 0 Å². The number of ketones is 1. The molecule has 0 aromatic heterocycles. The van der Waals surface area contributed by atoms with Gasteiger partial charge < -0.3 is 10.2 Å². The molecular formula is C13H17NO3. The van der Waals surface area contributed by atoms with Crippen molar-refractivity contribution in [2.24, 2.45) is 5.92 Å². The summed E-state index contributed by atoms with van der Waals surface area (Å²) in [5.74, 6) is 0.187. The second-order valence-electron chi connectivity index (χ2n) is 4.76. The zero-order chi connectivity index (χ0) is 12.4. The maximum Gasteiger partial charge on any atom is 0.176 e. The SMILES string of the molecule is CC1CCN(CC(=O)c2ccc(O)c(O)c2)C1. The predicted molar refractivity (Wildman–Crippen MR) is 64.3 cm³/mol. The lowest BCUT2D eigenvalue weighted by Gasteiger charge is -2.14. The Morgan fingerprint density at radius 2 is 2.18 bits per heavy atom. The second kappa shape index (κ2) is 4.75. The summed E-state index contributed by atoms with van der Waals surface area (Å²) in [5, 5.41) is 18.5. The third-order valence-corrected chi connectivity index (χ3v) is 3.17. The van der Waals surface area contributed by atoms with Gasteiger partial charge in [-0.25, -0.2) is 0 Å². The molecule has 0 bridgehead atoms. The van der Waals surface area contributed by atoms with Crippen molar-refractivity contribution in [2.45, 2.75) is 13.3 Å². The van der Waals surface area contributed by atoms with E-state index in [1.54, 1.807) is 0 Å². The molecule has 0 radical (unpaired) electrons. The standard InChI is InChI=1S/C13H17NO3/c1-9-4-5-14(7-9)8-13(17)10-2-3-11(15)12(16)6-10/h2-3,6,9,15-16H,4-5,7-8H2,1H3. The average molecular weight is 235 g/mol. The van der Waals surface area contributed by atoms with Crippen LogP contribution in [0.15, 0.2) is 18.2 Å². The second-order valence-corrected chi connectivity index (χ2v) is 4.76. The minimum atomic E-state index is -0.245. The third-order valence-electron chi connectivity index (χ3n) is 3.17. The number of benzene rings is 1. The lowest BCUT2D eigenvalue weighted by atomic mass is 10.1. The van der Waals surface area contributed by atoms with Gasteiger partial charge in [0.05, 0.1) is 6.54 Å². The topological polar surface area (TPSA) is 60.8 Å². The molecule has 4 nitrogen and oxygen atoms in total. The van der Waals surface area contributed by atoms with Gasteiger partial charge in [0.25, 0.3) is 0 Å². The number of hydrogen-bond donors (Lipinski definition) is 2. The number of nitrogens with zero attached hydrogens (tertiary/aromatic N) is 1. The van der Waals surface area contributed by atoms with Gasteiger partial charge in [0.2, 0.25) is 0 Å². The first-order valence-corrected chi connectivity index (χ1v) is 5.84. The Labute approximate surface area is 100 Å². The summed E-state index contributed by atoms with van der Waals surface area (Å²) in [4.78, 5) is 14.1. The van der Waals surface area contributed by atoms with E-state index in [0.717, 1.165) is 19.5 Å². The molecule has 2 rings (SSSR count). The highest BCUT2D eigenvalue weighted by Crippen LogP contribution is 2.25. The maximum absolute atomic E-state index is 11.9. The van der Waals surface area contributed by atoms with Crippen molar-refractivity contribution in [2.75, 3.05) is 19.6 Å². The van der Waals surface area contributed by atoms with Gasteiger partial charge in [0.1, 0.15) is 0 Å². The van der Waals surface area contributed by atoms with Crippen molar-refractivity contribution in [3.05, 3.63) is 23.8 Å². The number of phenols is 2. The van der Waals surface area contributed by atoms with E-state index in [-0.39, 0.29) is 17.3 Å². The first-order valence-electron chi connectivity index (χ1n) is 5.84. The van der Waals surface area contributed by atoms with Crippen LogP contribution in [0.1, 0.15) is 23.7 Å². The molecule has 1 fully saturated rings. The lowest BCUT2D eigenvalue weighted by Crippen LogP contribution is -2.27. The number of hydrogen-bond acceptors (Lipinski definition) is 4. The zero-order valence-corrected chi connectivity index (χ0v) is 9.89. The summed E-state index contributed by atoms with van der Waals surface area (Å²) in [5.41, 5.74) is 0.444. The quantitative estimate of drug-likeness (QED) is 0.617. The normalized spacial score (nSPS) is 20.6. The van der Waals surface area contributed by atoms with Gasteiger partial charge in [-0.1, -0.05) is 6.92 Å². The molecule has 92 valence electrons. The summed E-state index contributed by atoms with van der Waals surface area (Å²) < 4.78 is 0. The van der Waals surface area contributed by atoms with Gasteiger partial charge in [0, 0.05) is 12.1 Å². The number of likely N-dealkylation sites (tertiary alicyclic amines) is 1. The Kier molecular flexibility index (Phi) is 3.33. The highest BCUT2D eigenvalue weighted by molar-refractivity contribution is 5.98. The lowest BCUT2D eigenvalue weighted by molar-refractivity contribution is 0.0943. The van der Waals surface area contributed by atoms with Gasteiger partial charge in [0.15, 0.2) is 17.3 Å². The largest absolute Gasteiger partial charge is 0.504 e. The van der Waals surface area contributed by atoms with Crippen LogP contribution in [0.4, 0.5) is 0 Å². The molecule has 1 aliphatic rings. The molecule has 0 amide bonds. The van der Waals surface area contributed by atoms with Crippen LogP contribution in [-0.2, 0) is 0 Å². The average Bonchev–Trinajstić information content (AvgIpc) is 2.68. The molecule has 1 aliphatic heterocycles. The van der Waals surface area contributed by atoms with Crippen LogP contribution in [0.5, 0.6) is 11.5 Å². The van der Waals surface area contributed by atoms with Crippen LogP contribution in [0.25, 0.3) is 0 Å². The number of phenolic OH excluding ortho intramolecular Hbond substituents is 2. The van der Waals surface area contributed by atoms with Crippen molar-refractivity contribution in [1.29, 1.82) is 0 Å². The van der Waals surface area contributed by atoms with Crippen molar-refractivity contribution in [3.8, 4) is 11.5 Å². The predicted octanol–water partition coefficient (Wildman–Crippen LogP) is 1.62. The summed E-state index contributed by atoms with van der Waals surface area (Å²) in [7, 11) is 0. The van der Waals surface area contributed by atoms with Gasteiger partial charge >= 0.3 is 0 Å². The molecule has 0 aliphatic carbocycles. The maximum atomic E-state index is 11.9. The van der Waals surface area contributed by atoms with E-state index < -0.39 is 0 Å². The highest BCUT2D eigenvalue weighted by Gasteiger charge is 2.21. The van der Waals surface area contributed by atoms with Gasteiger partial charge in [-0.15, -0.1) is 0 Å². The van der Waals surface area contributed by atoms with Gasteiger partial charge in [-0.3, -0.25) is 9.69 Å². The Balaban J connectivity index is 2.02. The molecule has 1 aromatic carbocycles. The van der Waals surface area contributed by atoms with E-state index in [1.165, 1.54) is 18.2 Å². The first-order chi connectivity index (χ1) is 8.06. The van der Waals surface area contributed by atoms with Crippen LogP contribution in [-0.4, -0.2) is 40.5 Å². The molecule has 1 atom stereocenters. The van der Waals surface area contributed by atoms with Crippen molar-refractivity contribution in [1.82, 2.24) is 4.90 Å². The van der Waals surface area contributed by atoms with Gasteiger partial charge in [-0.05, 0) is 37.1 Å². The van der Waals surface area contributed by atoms with Crippen molar-refractivity contribution < 1.29 is 15.0 Å². The van der Waals surface area contributed by atoms with Crippen LogP contribution >= 0.6 is 0 Å². The van der Waals surface area contributed by atoms with E-state index in [4.69, 9.17) is 0 Å². The highest BCUT2D eigenvalue weighted by atomic mass is 16.3. The summed E-state index contributed by atoms with van der Waals surface area (Å²) in [6.07, 6.45) is 1.13. The molecule has 0 saturated carbocycles. The number of rotatable bonds is 3. The zero-order valence-electron chi connectivity index (χ0n) is 9.89. The molecular weight excluding hydrogens is 218 g/mol. The molecule has 1 heterocycles. The summed E-state index contributed by atoms with van der Waals surface area (Å²) >= 11 is 0. The Hall–Kier alpha value is -1.55. The van der Waals surface area contributed by atoms with Crippen molar-refractivity contribution >= 4 is 5.78 Å². The molecule has 4 heteroatoms. The van der Waals surface area contributed by atoms with Crippen molar-refractivity contribution in [3.63, 3.8) is 0 Å². The fourth-order valence-corrected chi connectivity index (χ4v) is 2.16. The Morgan fingerprint density at radius 3 is 2.76 bits per heavy atom. The van der Waals surface area contributed by atoms with Crippen LogP contribution in [0.2, 0.25) is 0 Å². The number of carbonyl (C=O) groups excluding carboxylic acids is 1. The smallest absolute Gasteiger partial charge is 0.176 e. The molecule has 1 unspecified atom stereocenters. The summed E-state index contributed by atoms with van der Waals surface area (Å²) in [6.45, 7) is 4.47. The Bertz CT molecular complexity index is 431. The van der Waals surface area contributed by atoms with E-state index in [9.17, 15) is 15.0 Å². The van der Waals surface area contributed by atoms with E-state index in [2.05, 4.69) is 11.8 Å². The van der Waals surface area contributed by atoms with E-state index in [0.29, 0.717) is 18.0 Å². The fourth-order valence-electron chi connectivity index (χ4n) is 2.16. The van der Waals surface area contributed by atoms with E-state index in [1.807, 2.05) is 0 Å².